The molecular formula is C17H19N3O4. The quantitative estimate of drug-likeness (QED) is 0.928. The standard InChI is InChI=1S/C17H19N3O4/c1-10(18-16(21)11-4-2-3-5-11)17-19-15(20-24-17)12-6-7-13-14(8-12)23-9-22-13/h6-8,10-11H,2-5,9H2,1H3,(H,18,21). The first-order valence-corrected chi connectivity index (χ1v) is 8.25. The van der Waals surface area contributed by atoms with Crippen LogP contribution in [0.15, 0.2) is 22.7 Å². The van der Waals surface area contributed by atoms with E-state index in [0.29, 0.717) is 23.2 Å². The molecule has 7 nitrogen and oxygen atoms in total. The number of ether oxygens (including phenoxy) is 2. The van der Waals surface area contributed by atoms with Crippen LogP contribution in [0.3, 0.4) is 0 Å². The van der Waals surface area contributed by atoms with E-state index < -0.39 is 0 Å². The minimum absolute atomic E-state index is 0.0721. The Kier molecular flexibility index (Phi) is 3.84. The summed E-state index contributed by atoms with van der Waals surface area (Å²) in [6.07, 6.45) is 4.18. The Morgan fingerprint density at radius 1 is 1.25 bits per heavy atom. The summed E-state index contributed by atoms with van der Waals surface area (Å²) in [5, 5.41) is 6.97. The van der Waals surface area contributed by atoms with E-state index in [9.17, 15) is 4.79 Å². The maximum Gasteiger partial charge on any atom is 0.249 e. The molecule has 1 atom stereocenters. The number of hydrogen-bond acceptors (Lipinski definition) is 6. The second-order valence-electron chi connectivity index (χ2n) is 6.24. The summed E-state index contributed by atoms with van der Waals surface area (Å²) in [6, 6.07) is 5.18. The molecule has 1 fully saturated rings. The van der Waals surface area contributed by atoms with Crippen LogP contribution in [0.1, 0.15) is 44.5 Å². The molecule has 24 heavy (non-hydrogen) atoms. The topological polar surface area (TPSA) is 86.5 Å². The van der Waals surface area contributed by atoms with Crippen molar-refractivity contribution in [1.82, 2.24) is 15.5 Å². The Labute approximate surface area is 139 Å². The van der Waals surface area contributed by atoms with Gasteiger partial charge in [0.25, 0.3) is 0 Å². The molecule has 2 aromatic rings. The van der Waals surface area contributed by atoms with Gasteiger partial charge >= 0.3 is 0 Å². The number of aromatic nitrogens is 2. The largest absolute Gasteiger partial charge is 0.454 e. The van der Waals surface area contributed by atoms with Gasteiger partial charge in [-0.1, -0.05) is 18.0 Å². The molecule has 0 bridgehead atoms. The third kappa shape index (κ3) is 2.81. The molecule has 1 amide bonds. The number of benzene rings is 1. The van der Waals surface area contributed by atoms with Crippen LogP contribution in [-0.4, -0.2) is 22.8 Å². The van der Waals surface area contributed by atoms with E-state index in [1.807, 2.05) is 25.1 Å². The first kappa shape index (κ1) is 15.0. The molecule has 1 saturated carbocycles. The molecular weight excluding hydrogens is 310 g/mol. The lowest BCUT2D eigenvalue weighted by molar-refractivity contribution is -0.125. The number of rotatable bonds is 4. The smallest absolute Gasteiger partial charge is 0.249 e. The van der Waals surface area contributed by atoms with E-state index in [1.54, 1.807) is 0 Å². The zero-order valence-corrected chi connectivity index (χ0v) is 13.4. The Morgan fingerprint density at radius 3 is 2.88 bits per heavy atom. The Hall–Kier alpha value is -2.57. The number of nitrogens with one attached hydrogen (secondary N) is 1. The van der Waals surface area contributed by atoms with Crippen LogP contribution in [0.5, 0.6) is 11.5 Å². The Bertz CT molecular complexity index is 752. The van der Waals surface area contributed by atoms with Gasteiger partial charge in [0.1, 0.15) is 6.04 Å². The van der Waals surface area contributed by atoms with Crippen molar-refractivity contribution < 1.29 is 18.8 Å². The van der Waals surface area contributed by atoms with Gasteiger partial charge in [0, 0.05) is 11.5 Å². The third-order valence-electron chi connectivity index (χ3n) is 4.53. The number of carbonyl (C=O) groups excluding carboxylic acids is 1. The summed E-state index contributed by atoms with van der Waals surface area (Å²) in [4.78, 5) is 16.6. The van der Waals surface area contributed by atoms with Gasteiger partial charge in [-0.2, -0.15) is 4.98 Å². The van der Waals surface area contributed by atoms with Crippen molar-refractivity contribution in [3.05, 3.63) is 24.1 Å². The number of hydrogen-bond donors (Lipinski definition) is 1. The second-order valence-corrected chi connectivity index (χ2v) is 6.24. The van der Waals surface area contributed by atoms with E-state index in [-0.39, 0.29) is 24.7 Å². The molecule has 1 aromatic carbocycles. The lowest BCUT2D eigenvalue weighted by Gasteiger charge is -2.13. The minimum atomic E-state index is -0.312. The summed E-state index contributed by atoms with van der Waals surface area (Å²) in [5.74, 6) is 2.42. The van der Waals surface area contributed by atoms with Crippen molar-refractivity contribution >= 4 is 5.91 Å². The fourth-order valence-electron chi connectivity index (χ4n) is 3.14. The lowest BCUT2D eigenvalue weighted by atomic mass is 10.1. The number of fused-ring (bicyclic) bond motifs is 1. The molecule has 4 rings (SSSR count). The minimum Gasteiger partial charge on any atom is -0.454 e. The normalized spacial score (nSPS) is 17.9. The highest BCUT2D eigenvalue weighted by atomic mass is 16.7. The maximum atomic E-state index is 12.2. The van der Waals surface area contributed by atoms with Crippen molar-refractivity contribution in [3.8, 4) is 22.9 Å². The van der Waals surface area contributed by atoms with Crippen LogP contribution < -0.4 is 14.8 Å². The SMILES string of the molecule is CC(NC(=O)C1CCCC1)c1nc(-c2ccc3c(c2)OCO3)no1. The average molecular weight is 329 g/mol. The number of nitrogens with zero attached hydrogens (tertiary/aromatic N) is 2. The summed E-state index contributed by atoms with van der Waals surface area (Å²) in [6.45, 7) is 2.07. The number of carbonyl (C=O) groups is 1. The van der Waals surface area contributed by atoms with Gasteiger partial charge in [0.2, 0.25) is 24.4 Å². The fraction of sp³-hybridized carbons (Fsp3) is 0.471. The highest BCUT2D eigenvalue weighted by Crippen LogP contribution is 2.35. The summed E-state index contributed by atoms with van der Waals surface area (Å²) in [7, 11) is 0. The maximum absolute atomic E-state index is 12.2. The molecule has 1 aliphatic carbocycles. The number of amides is 1. The first-order valence-electron chi connectivity index (χ1n) is 8.25. The van der Waals surface area contributed by atoms with Crippen LogP contribution in [0.4, 0.5) is 0 Å². The van der Waals surface area contributed by atoms with Crippen molar-refractivity contribution in [2.75, 3.05) is 6.79 Å². The summed E-state index contributed by atoms with van der Waals surface area (Å²) < 4.78 is 16.0. The molecule has 1 aromatic heterocycles. The molecule has 1 N–H and O–H groups in total. The van der Waals surface area contributed by atoms with Crippen LogP contribution >= 0.6 is 0 Å². The predicted octanol–water partition coefficient (Wildman–Crippen LogP) is 2.83. The van der Waals surface area contributed by atoms with Crippen LogP contribution in [0, 0.1) is 5.92 Å². The van der Waals surface area contributed by atoms with E-state index in [2.05, 4.69) is 15.5 Å². The van der Waals surface area contributed by atoms with E-state index in [0.717, 1.165) is 31.2 Å². The zero-order chi connectivity index (χ0) is 16.5. The van der Waals surface area contributed by atoms with Gasteiger partial charge in [-0.05, 0) is 38.0 Å². The summed E-state index contributed by atoms with van der Waals surface area (Å²) in [5.41, 5.74) is 0.781. The van der Waals surface area contributed by atoms with Crippen molar-refractivity contribution in [2.45, 2.75) is 38.6 Å². The molecule has 0 radical (unpaired) electrons. The molecule has 2 aliphatic rings. The zero-order valence-electron chi connectivity index (χ0n) is 13.4. The molecule has 0 saturated heterocycles. The first-order chi connectivity index (χ1) is 11.7. The second kappa shape index (κ2) is 6.14. The van der Waals surface area contributed by atoms with Crippen LogP contribution in [0.25, 0.3) is 11.4 Å². The predicted molar refractivity (Wildman–Crippen MR) is 84.4 cm³/mol. The third-order valence-corrected chi connectivity index (χ3v) is 4.53. The lowest BCUT2D eigenvalue weighted by Crippen LogP contribution is -2.31. The van der Waals surface area contributed by atoms with Crippen LogP contribution in [-0.2, 0) is 4.79 Å². The molecule has 1 unspecified atom stereocenters. The van der Waals surface area contributed by atoms with Gasteiger partial charge in [-0.25, -0.2) is 0 Å². The van der Waals surface area contributed by atoms with Crippen LogP contribution in [0.2, 0.25) is 0 Å². The molecule has 2 heterocycles. The average Bonchev–Trinajstić information content (AvgIpc) is 3.33. The fourth-order valence-corrected chi connectivity index (χ4v) is 3.14. The van der Waals surface area contributed by atoms with E-state index >= 15 is 0 Å². The van der Waals surface area contributed by atoms with Gasteiger partial charge in [0.15, 0.2) is 11.5 Å². The molecule has 0 spiro atoms. The van der Waals surface area contributed by atoms with E-state index in [1.165, 1.54) is 0 Å². The Balaban J connectivity index is 1.46. The highest BCUT2D eigenvalue weighted by molar-refractivity contribution is 5.79. The summed E-state index contributed by atoms with van der Waals surface area (Å²) >= 11 is 0. The molecule has 7 heteroatoms. The highest BCUT2D eigenvalue weighted by Gasteiger charge is 2.26. The Morgan fingerprint density at radius 2 is 2.04 bits per heavy atom. The van der Waals surface area contributed by atoms with Crippen molar-refractivity contribution in [2.24, 2.45) is 5.92 Å². The van der Waals surface area contributed by atoms with Gasteiger partial charge < -0.3 is 19.3 Å². The monoisotopic (exact) mass is 329 g/mol. The van der Waals surface area contributed by atoms with Crippen molar-refractivity contribution in [1.29, 1.82) is 0 Å². The van der Waals surface area contributed by atoms with Gasteiger partial charge in [0.05, 0.1) is 0 Å². The van der Waals surface area contributed by atoms with Gasteiger partial charge in [-0.15, -0.1) is 0 Å². The van der Waals surface area contributed by atoms with Gasteiger partial charge in [-0.3, -0.25) is 4.79 Å². The van der Waals surface area contributed by atoms with Crippen molar-refractivity contribution in [3.63, 3.8) is 0 Å². The van der Waals surface area contributed by atoms with E-state index in [4.69, 9.17) is 14.0 Å². The molecule has 126 valence electrons. The molecule has 1 aliphatic heterocycles.